The van der Waals surface area contributed by atoms with Crippen LogP contribution in [0.3, 0.4) is 0 Å². The second kappa shape index (κ2) is 5.87. The van der Waals surface area contributed by atoms with Crippen molar-refractivity contribution in [2.45, 2.75) is 25.5 Å². The molecule has 0 N–H and O–H groups in total. The number of rotatable bonds is 4. The molecule has 0 spiro atoms. The molecular weight excluding hydrogens is 234 g/mol. The highest BCUT2D eigenvalue weighted by molar-refractivity contribution is 8.00. The van der Waals surface area contributed by atoms with E-state index >= 15 is 0 Å². The smallest absolute Gasteiger partial charge is 0.316 e. The monoisotopic (exact) mass is 251 g/mol. The van der Waals surface area contributed by atoms with E-state index in [1.165, 1.54) is 11.8 Å². The lowest BCUT2D eigenvalue weighted by atomic mass is 10.1. The van der Waals surface area contributed by atoms with Crippen molar-refractivity contribution in [3.8, 4) is 0 Å². The molecule has 0 amide bonds. The first-order valence-electron chi connectivity index (χ1n) is 5.34. The Balaban J connectivity index is 2.70. The molecule has 0 saturated heterocycles. The van der Waals surface area contributed by atoms with Gasteiger partial charge < -0.3 is 4.84 Å². The highest BCUT2D eigenvalue weighted by Gasteiger charge is 2.28. The van der Waals surface area contributed by atoms with Crippen LogP contribution < -0.4 is 0 Å². The Morgan fingerprint density at radius 2 is 1.88 bits per heavy atom. The van der Waals surface area contributed by atoms with Gasteiger partial charge in [0.05, 0.1) is 5.71 Å². The summed E-state index contributed by atoms with van der Waals surface area (Å²) in [6, 6.07) is 9.61. The second-order valence-corrected chi connectivity index (χ2v) is 5.56. The quantitative estimate of drug-likeness (QED) is 0.469. The fourth-order valence-electron chi connectivity index (χ4n) is 1.04. The second-order valence-electron chi connectivity index (χ2n) is 4.14. The lowest BCUT2D eigenvalue weighted by Gasteiger charge is -2.17. The number of thioether (sulfide) groups is 1. The molecule has 1 aromatic rings. The van der Waals surface area contributed by atoms with Gasteiger partial charge in [0.2, 0.25) is 0 Å². The lowest BCUT2D eigenvalue weighted by Crippen LogP contribution is -2.28. The maximum Gasteiger partial charge on any atom is 0.350 e. The van der Waals surface area contributed by atoms with Gasteiger partial charge in [0, 0.05) is 0 Å². The van der Waals surface area contributed by atoms with E-state index in [1.807, 2.05) is 57.4 Å². The summed E-state index contributed by atoms with van der Waals surface area (Å²) in [5, 5.41) is 3.86. The average molecular weight is 251 g/mol. The van der Waals surface area contributed by atoms with Crippen LogP contribution in [0.15, 0.2) is 35.5 Å². The standard InChI is InChI=1S/C13H17NO2S/c1-10(11-8-6-5-7-9-11)14-16-12(15)13(2,3)17-4/h5-9H,1-4H3. The van der Waals surface area contributed by atoms with E-state index in [0.29, 0.717) is 5.71 Å². The third-order valence-electron chi connectivity index (χ3n) is 2.46. The van der Waals surface area contributed by atoms with E-state index in [9.17, 15) is 4.79 Å². The van der Waals surface area contributed by atoms with Gasteiger partial charge in [-0.05, 0) is 32.6 Å². The first-order valence-corrected chi connectivity index (χ1v) is 6.56. The Bertz CT molecular complexity index is 413. The zero-order valence-electron chi connectivity index (χ0n) is 10.6. The zero-order valence-corrected chi connectivity index (χ0v) is 11.4. The molecule has 17 heavy (non-hydrogen) atoms. The van der Waals surface area contributed by atoms with Crippen molar-refractivity contribution in [3.05, 3.63) is 35.9 Å². The average Bonchev–Trinajstić information content (AvgIpc) is 2.36. The van der Waals surface area contributed by atoms with Gasteiger partial charge >= 0.3 is 5.97 Å². The third kappa shape index (κ3) is 3.89. The van der Waals surface area contributed by atoms with Gasteiger partial charge in [0.15, 0.2) is 0 Å². The highest BCUT2D eigenvalue weighted by atomic mass is 32.2. The molecular formula is C13H17NO2S. The molecule has 0 radical (unpaired) electrons. The minimum atomic E-state index is -0.569. The first-order chi connectivity index (χ1) is 7.97. The molecule has 92 valence electrons. The summed E-state index contributed by atoms with van der Waals surface area (Å²) < 4.78 is -0.569. The number of oxime groups is 1. The van der Waals surface area contributed by atoms with Gasteiger partial charge in [-0.3, -0.25) is 0 Å². The van der Waals surface area contributed by atoms with Crippen LogP contribution in [0.5, 0.6) is 0 Å². The SMILES string of the molecule is CSC(C)(C)C(=O)ON=C(C)c1ccccc1. The molecule has 0 fully saturated rings. The summed E-state index contributed by atoms with van der Waals surface area (Å²) in [7, 11) is 0. The van der Waals surface area contributed by atoms with Crippen molar-refractivity contribution >= 4 is 23.4 Å². The Hall–Kier alpha value is -1.29. The molecule has 0 aliphatic rings. The fraction of sp³-hybridized carbons (Fsp3) is 0.385. The fourth-order valence-corrected chi connectivity index (χ4v) is 1.24. The molecule has 0 unspecified atom stereocenters. The molecule has 1 aromatic carbocycles. The summed E-state index contributed by atoms with van der Waals surface area (Å²) in [4.78, 5) is 16.6. The summed E-state index contributed by atoms with van der Waals surface area (Å²) in [5.41, 5.74) is 1.64. The number of hydrogen-bond acceptors (Lipinski definition) is 4. The van der Waals surface area contributed by atoms with Crippen molar-refractivity contribution < 1.29 is 9.63 Å². The van der Waals surface area contributed by atoms with Crippen molar-refractivity contribution in [3.63, 3.8) is 0 Å². The maximum atomic E-state index is 11.7. The molecule has 4 heteroatoms. The van der Waals surface area contributed by atoms with Gasteiger partial charge in [-0.25, -0.2) is 4.79 Å². The summed E-state index contributed by atoms with van der Waals surface area (Å²) >= 11 is 1.44. The minimum absolute atomic E-state index is 0.333. The van der Waals surface area contributed by atoms with E-state index in [1.54, 1.807) is 0 Å². The lowest BCUT2D eigenvalue weighted by molar-refractivity contribution is -0.145. The third-order valence-corrected chi connectivity index (χ3v) is 3.65. The Morgan fingerprint density at radius 3 is 2.41 bits per heavy atom. The van der Waals surface area contributed by atoms with Crippen LogP contribution >= 0.6 is 11.8 Å². The van der Waals surface area contributed by atoms with Crippen LogP contribution in [-0.2, 0) is 9.63 Å². The molecule has 0 aromatic heterocycles. The van der Waals surface area contributed by atoms with Gasteiger partial charge in [-0.1, -0.05) is 35.5 Å². The van der Waals surface area contributed by atoms with Crippen LogP contribution in [0.1, 0.15) is 26.3 Å². The number of carbonyl (C=O) groups is 1. The molecule has 0 bridgehead atoms. The number of nitrogens with zero attached hydrogens (tertiary/aromatic N) is 1. The maximum absolute atomic E-state index is 11.7. The van der Waals surface area contributed by atoms with Crippen LogP contribution in [0.25, 0.3) is 0 Å². The molecule has 0 aliphatic heterocycles. The minimum Gasteiger partial charge on any atom is -0.316 e. The van der Waals surface area contributed by atoms with Gasteiger partial charge in [-0.15, -0.1) is 11.8 Å². The van der Waals surface area contributed by atoms with Crippen molar-refractivity contribution in [1.29, 1.82) is 0 Å². The van der Waals surface area contributed by atoms with Crippen molar-refractivity contribution in [2.24, 2.45) is 5.16 Å². The molecule has 0 saturated carbocycles. The van der Waals surface area contributed by atoms with Crippen LogP contribution in [0.4, 0.5) is 0 Å². The van der Waals surface area contributed by atoms with Crippen LogP contribution in [0, 0.1) is 0 Å². The Morgan fingerprint density at radius 1 is 1.29 bits per heavy atom. The van der Waals surface area contributed by atoms with E-state index in [0.717, 1.165) is 5.56 Å². The number of benzene rings is 1. The topological polar surface area (TPSA) is 38.7 Å². The first kappa shape index (κ1) is 13.8. The van der Waals surface area contributed by atoms with Crippen LogP contribution in [0.2, 0.25) is 0 Å². The van der Waals surface area contributed by atoms with Crippen molar-refractivity contribution in [1.82, 2.24) is 0 Å². The predicted molar refractivity (Wildman–Crippen MR) is 72.3 cm³/mol. The Labute approximate surface area is 106 Å². The van der Waals surface area contributed by atoms with Gasteiger partial charge in [0.25, 0.3) is 0 Å². The van der Waals surface area contributed by atoms with Gasteiger partial charge in [0.1, 0.15) is 4.75 Å². The summed E-state index contributed by atoms with van der Waals surface area (Å²) in [5.74, 6) is -0.333. The Kier molecular flexibility index (Phi) is 4.75. The van der Waals surface area contributed by atoms with E-state index in [4.69, 9.17) is 4.84 Å². The summed E-state index contributed by atoms with van der Waals surface area (Å²) in [6.45, 7) is 5.44. The number of carbonyl (C=O) groups excluding carboxylic acids is 1. The molecule has 0 aliphatic carbocycles. The predicted octanol–water partition coefficient (Wildman–Crippen LogP) is 3.10. The van der Waals surface area contributed by atoms with Crippen LogP contribution in [-0.4, -0.2) is 22.7 Å². The van der Waals surface area contributed by atoms with E-state index in [2.05, 4.69) is 5.16 Å². The zero-order chi connectivity index (χ0) is 12.9. The molecule has 3 nitrogen and oxygen atoms in total. The number of hydrogen-bond donors (Lipinski definition) is 0. The molecule has 1 rings (SSSR count). The largest absolute Gasteiger partial charge is 0.350 e. The summed E-state index contributed by atoms with van der Waals surface area (Å²) in [6.07, 6.45) is 1.87. The normalized spacial score (nSPS) is 12.4. The molecule has 0 heterocycles. The van der Waals surface area contributed by atoms with E-state index in [-0.39, 0.29) is 5.97 Å². The van der Waals surface area contributed by atoms with E-state index < -0.39 is 4.75 Å². The highest BCUT2D eigenvalue weighted by Crippen LogP contribution is 2.22. The van der Waals surface area contributed by atoms with Crippen molar-refractivity contribution in [2.75, 3.05) is 6.26 Å². The molecule has 0 atom stereocenters. The van der Waals surface area contributed by atoms with Gasteiger partial charge in [-0.2, -0.15) is 0 Å².